The van der Waals surface area contributed by atoms with Gasteiger partial charge in [-0.05, 0) is 24.1 Å². The van der Waals surface area contributed by atoms with Gasteiger partial charge in [0.05, 0.1) is 0 Å². The molecule has 2 rings (SSSR count). The molecule has 0 saturated carbocycles. The van der Waals surface area contributed by atoms with Crippen LogP contribution in [0.4, 0.5) is 0 Å². The Morgan fingerprint density at radius 3 is 2.70 bits per heavy atom. The van der Waals surface area contributed by atoms with Crippen molar-refractivity contribution in [3.8, 4) is 0 Å². The molecule has 0 aliphatic carbocycles. The highest BCUT2D eigenvalue weighted by molar-refractivity contribution is 7.21. The number of nitrogens with one attached hydrogen (secondary N) is 1. The van der Waals surface area contributed by atoms with Crippen LogP contribution >= 0.6 is 20.2 Å². The molecule has 1 saturated heterocycles. The molecule has 5 N–H and O–H groups in total. The van der Waals surface area contributed by atoms with Crippen LogP contribution in [0.3, 0.4) is 0 Å². The fraction of sp³-hybridized carbons (Fsp3) is 0.417. The molecule has 0 aromatic heterocycles. The smallest absolute Gasteiger partial charge is 0.264 e. The summed E-state index contributed by atoms with van der Waals surface area (Å²) in [6, 6.07) is 6.70. The van der Waals surface area contributed by atoms with Gasteiger partial charge in [0.1, 0.15) is 0 Å². The molecule has 0 spiro atoms. The Balaban J connectivity index is 2.10. The molecule has 8 heteroatoms. The van der Waals surface area contributed by atoms with Gasteiger partial charge in [0, 0.05) is 24.2 Å². The lowest BCUT2D eigenvalue weighted by Gasteiger charge is -2.41. The number of carbonyl (C=O) groups is 1. The largest absolute Gasteiger partial charge is 0.324 e. The number of hydrogen-bond acceptors (Lipinski definition) is 5. The van der Waals surface area contributed by atoms with Gasteiger partial charge in [-0.2, -0.15) is 0 Å². The quantitative estimate of drug-likeness (QED) is 0.548. The van der Waals surface area contributed by atoms with E-state index in [2.05, 4.69) is 5.32 Å². The molecule has 2 unspecified atom stereocenters. The Bertz CT molecular complexity index is 513. The van der Waals surface area contributed by atoms with E-state index in [1.54, 1.807) is 12.1 Å². The number of carbonyl (C=O) groups excluding carboxylic acids is 1. The number of halogens is 1. The van der Waals surface area contributed by atoms with Crippen LogP contribution in [0.25, 0.3) is 0 Å². The summed E-state index contributed by atoms with van der Waals surface area (Å²) in [4.78, 5) is 12.2. The van der Waals surface area contributed by atoms with Gasteiger partial charge in [0.25, 0.3) is 5.91 Å². The zero-order valence-electron chi connectivity index (χ0n) is 10.9. The van der Waals surface area contributed by atoms with Crippen molar-refractivity contribution < 1.29 is 9.36 Å². The number of benzene rings is 1. The van der Waals surface area contributed by atoms with Crippen molar-refractivity contribution in [2.24, 2.45) is 11.5 Å². The zero-order chi connectivity index (χ0) is 14.8. The van der Waals surface area contributed by atoms with E-state index < -0.39 is 26.2 Å². The molecular formula is C12H18ClN4O2P. The Morgan fingerprint density at radius 1 is 1.45 bits per heavy atom. The van der Waals surface area contributed by atoms with E-state index in [0.717, 1.165) is 5.56 Å². The third-order valence-corrected chi connectivity index (χ3v) is 4.51. The number of rotatable bonds is 4. The average molecular weight is 317 g/mol. The fourth-order valence-electron chi connectivity index (χ4n) is 2.16. The van der Waals surface area contributed by atoms with Crippen molar-refractivity contribution in [2.75, 3.05) is 6.54 Å². The van der Waals surface area contributed by atoms with E-state index in [4.69, 9.17) is 23.1 Å². The molecule has 1 aliphatic heterocycles. The van der Waals surface area contributed by atoms with Crippen LogP contribution < -0.4 is 16.8 Å². The molecule has 1 aliphatic rings. The number of nitrogens with zero attached hydrogens (tertiary/aromatic N) is 1. The monoisotopic (exact) mass is 316 g/mol. The molecule has 1 amide bonds. The topological polar surface area (TPSA) is 101 Å². The standard InChI is InChI=1S/C12H18ClN4O2P/c13-9-3-1-8(2-4-9)7-16-12(15)10(14)5-6-17(20-19)11(12)18/h1-4,10,16H,5-7,14-15,20H2/t10?,12-/m0/s1. The summed E-state index contributed by atoms with van der Waals surface area (Å²) < 4.78 is 12.3. The highest BCUT2D eigenvalue weighted by atomic mass is 35.5. The van der Waals surface area contributed by atoms with Crippen LogP contribution in [0.2, 0.25) is 5.02 Å². The molecule has 110 valence electrons. The minimum Gasteiger partial charge on any atom is -0.324 e. The normalized spacial score (nSPS) is 27.4. The Hall–Kier alpha value is -0.910. The van der Waals surface area contributed by atoms with Crippen molar-refractivity contribution in [3.63, 3.8) is 0 Å². The first-order valence-electron chi connectivity index (χ1n) is 6.27. The van der Waals surface area contributed by atoms with Crippen molar-refractivity contribution in [1.82, 2.24) is 9.99 Å². The van der Waals surface area contributed by atoms with Gasteiger partial charge in [-0.3, -0.25) is 14.8 Å². The number of amides is 1. The van der Waals surface area contributed by atoms with Gasteiger partial charge in [-0.25, -0.2) is 0 Å². The number of hydrogen-bond donors (Lipinski definition) is 3. The first kappa shape index (κ1) is 15.5. The van der Waals surface area contributed by atoms with E-state index >= 15 is 0 Å². The molecule has 1 aromatic carbocycles. The van der Waals surface area contributed by atoms with Crippen molar-refractivity contribution >= 4 is 26.1 Å². The summed E-state index contributed by atoms with van der Waals surface area (Å²) in [7, 11) is -1.33. The third kappa shape index (κ3) is 3.05. The molecule has 3 atom stereocenters. The lowest BCUT2D eigenvalue weighted by molar-refractivity contribution is -0.137. The Labute approximate surface area is 123 Å². The molecule has 6 nitrogen and oxygen atoms in total. The second kappa shape index (κ2) is 6.24. The molecule has 0 radical (unpaired) electrons. The summed E-state index contributed by atoms with van der Waals surface area (Å²) in [5.41, 5.74) is 11.6. The Kier molecular flexibility index (Phi) is 4.83. The summed E-state index contributed by atoms with van der Waals surface area (Å²) in [6.07, 6.45) is 0.519. The molecule has 1 aromatic rings. The number of nitrogens with two attached hydrogens (primary N) is 2. The lowest BCUT2D eigenvalue weighted by atomic mass is 9.93. The van der Waals surface area contributed by atoms with Crippen molar-refractivity contribution in [3.05, 3.63) is 34.9 Å². The lowest BCUT2D eigenvalue weighted by Crippen LogP contribution is -2.74. The predicted octanol–water partition coefficient (Wildman–Crippen LogP) is 0.315. The maximum atomic E-state index is 12.2. The Morgan fingerprint density at radius 2 is 2.10 bits per heavy atom. The summed E-state index contributed by atoms with van der Waals surface area (Å²) in [5, 5.41) is 3.63. The first-order chi connectivity index (χ1) is 9.47. The SMILES string of the molecule is NC1CCN([PH2]=O)C(=O)[C@@]1(N)NCc1ccc(Cl)cc1. The van der Waals surface area contributed by atoms with E-state index in [1.807, 2.05) is 12.1 Å². The minimum atomic E-state index is -1.38. The summed E-state index contributed by atoms with van der Waals surface area (Å²) in [6.45, 7) is 0.773. The molecule has 20 heavy (non-hydrogen) atoms. The van der Waals surface area contributed by atoms with Gasteiger partial charge < -0.3 is 16.0 Å². The van der Waals surface area contributed by atoms with Crippen LogP contribution in [0, 0.1) is 0 Å². The summed E-state index contributed by atoms with van der Waals surface area (Å²) >= 11 is 5.81. The van der Waals surface area contributed by atoms with Gasteiger partial charge in [0.15, 0.2) is 14.3 Å². The molecule has 1 heterocycles. The maximum Gasteiger partial charge on any atom is 0.264 e. The van der Waals surface area contributed by atoms with Gasteiger partial charge in [-0.15, -0.1) is 0 Å². The first-order valence-corrected chi connectivity index (χ1v) is 7.64. The van der Waals surface area contributed by atoms with Crippen LogP contribution in [-0.2, 0) is 15.9 Å². The van der Waals surface area contributed by atoms with Crippen LogP contribution in [0.5, 0.6) is 0 Å². The van der Waals surface area contributed by atoms with E-state index in [-0.39, 0.29) is 0 Å². The van der Waals surface area contributed by atoms with Gasteiger partial charge >= 0.3 is 0 Å². The van der Waals surface area contributed by atoms with Crippen molar-refractivity contribution in [1.29, 1.82) is 0 Å². The fourth-order valence-corrected chi connectivity index (χ4v) is 2.85. The van der Waals surface area contributed by atoms with E-state index in [9.17, 15) is 9.36 Å². The average Bonchev–Trinajstić information content (AvgIpc) is 2.45. The highest BCUT2D eigenvalue weighted by Crippen LogP contribution is 2.22. The van der Waals surface area contributed by atoms with Gasteiger partial charge in [-0.1, -0.05) is 23.7 Å². The van der Waals surface area contributed by atoms with Gasteiger partial charge in [0.2, 0.25) is 0 Å². The minimum absolute atomic E-state index is 0.384. The second-order valence-electron chi connectivity index (χ2n) is 4.85. The van der Waals surface area contributed by atoms with Crippen LogP contribution in [-0.4, -0.2) is 28.8 Å². The van der Waals surface area contributed by atoms with E-state index in [1.165, 1.54) is 4.67 Å². The summed E-state index contributed by atoms with van der Waals surface area (Å²) in [5.74, 6) is -0.407. The zero-order valence-corrected chi connectivity index (χ0v) is 12.8. The maximum absolute atomic E-state index is 12.2. The third-order valence-electron chi connectivity index (χ3n) is 3.51. The predicted molar refractivity (Wildman–Crippen MR) is 79.9 cm³/mol. The van der Waals surface area contributed by atoms with Crippen LogP contribution in [0.15, 0.2) is 24.3 Å². The molecule has 0 bridgehead atoms. The van der Waals surface area contributed by atoms with Crippen LogP contribution in [0.1, 0.15) is 12.0 Å². The van der Waals surface area contributed by atoms with E-state index in [0.29, 0.717) is 24.5 Å². The highest BCUT2D eigenvalue weighted by Gasteiger charge is 2.45. The second-order valence-corrected chi connectivity index (χ2v) is 6.12. The number of piperidine rings is 1. The molecular weight excluding hydrogens is 299 g/mol. The van der Waals surface area contributed by atoms with Crippen molar-refractivity contribution in [2.45, 2.75) is 24.7 Å². The molecule has 1 fully saturated rings.